The lowest BCUT2D eigenvalue weighted by Crippen LogP contribution is -1.98. The van der Waals surface area contributed by atoms with E-state index in [0.717, 1.165) is 5.75 Å². The van der Waals surface area contributed by atoms with Gasteiger partial charge in [0.15, 0.2) is 6.79 Å². The molecule has 2 rings (SSSR count). The molecule has 2 nitrogen and oxygen atoms in total. The van der Waals surface area contributed by atoms with Crippen LogP contribution in [-0.4, -0.2) is 13.9 Å². The largest absolute Gasteiger partial charge is 0.466 e. The lowest BCUT2D eigenvalue weighted by molar-refractivity contribution is 0.0523. The number of benzene rings is 1. The van der Waals surface area contributed by atoms with Gasteiger partial charge in [-0.15, -0.1) is 11.3 Å². The van der Waals surface area contributed by atoms with Crippen molar-refractivity contribution in [2.75, 3.05) is 13.9 Å². The molecular weight excluding hydrogens is 184 g/mol. The number of fused-ring (bicyclic) bond motifs is 1. The van der Waals surface area contributed by atoms with Crippen molar-refractivity contribution in [1.82, 2.24) is 0 Å². The lowest BCUT2D eigenvalue weighted by Gasteiger charge is -2.04. The van der Waals surface area contributed by atoms with Crippen LogP contribution in [0.4, 0.5) is 0 Å². The molecule has 0 aliphatic heterocycles. The highest BCUT2D eigenvalue weighted by Crippen LogP contribution is 2.30. The Morgan fingerprint density at radius 3 is 3.08 bits per heavy atom. The highest BCUT2D eigenvalue weighted by Gasteiger charge is 2.01. The van der Waals surface area contributed by atoms with Gasteiger partial charge >= 0.3 is 0 Å². The number of hydrogen-bond acceptors (Lipinski definition) is 3. The topological polar surface area (TPSA) is 18.5 Å². The Balaban J connectivity index is 2.37. The molecule has 0 amide bonds. The summed E-state index contributed by atoms with van der Waals surface area (Å²) in [7, 11) is 1.62. The second kappa shape index (κ2) is 3.77. The highest BCUT2D eigenvalue weighted by atomic mass is 32.1. The molecule has 1 heterocycles. The molecule has 0 saturated carbocycles. The number of rotatable bonds is 3. The van der Waals surface area contributed by atoms with Gasteiger partial charge in [0.05, 0.1) is 4.70 Å². The molecule has 0 unspecified atom stereocenters. The van der Waals surface area contributed by atoms with Gasteiger partial charge in [-0.3, -0.25) is 0 Å². The molecule has 0 fully saturated rings. The smallest absolute Gasteiger partial charge is 0.188 e. The summed E-state index contributed by atoms with van der Waals surface area (Å²) in [6.45, 7) is 0.303. The summed E-state index contributed by atoms with van der Waals surface area (Å²) in [5.41, 5.74) is 0. The molecule has 0 N–H and O–H groups in total. The zero-order valence-electron chi connectivity index (χ0n) is 7.32. The average Bonchev–Trinajstić information content (AvgIpc) is 2.62. The third-order valence-corrected chi connectivity index (χ3v) is 2.72. The van der Waals surface area contributed by atoms with Gasteiger partial charge in [-0.25, -0.2) is 0 Å². The van der Waals surface area contributed by atoms with E-state index in [1.807, 2.05) is 12.1 Å². The van der Waals surface area contributed by atoms with Crippen LogP contribution in [0.15, 0.2) is 29.6 Å². The minimum absolute atomic E-state index is 0.303. The Kier molecular flexibility index (Phi) is 2.47. The van der Waals surface area contributed by atoms with Crippen LogP contribution in [0.25, 0.3) is 10.1 Å². The first-order valence-corrected chi connectivity index (χ1v) is 4.88. The van der Waals surface area contributed by atoms with Gasteiger partial charge in [0.25, 0.3) is 0 Å². The van der Waals surface area contributed by atoms with E-state index < -0.39 is 0 Å². The summed E-state index contributed by atoms with van der Waals surface area (Å²) in [5.74, 6) is 0.898. The maximum absolute atomic E-state index is 5.41. The molecular formula is C10H10O2S. The summed E-state index contributed by atoms with van der Waals surface area (Å²) in [6.07, 6.45) is 0. The lowest BCUT2D eigenvalue weighted by atomic mass is 10.2. The second-order valence-electron chi connectivity index (χ2n) is 2.65. The Labute approximate surface area is 80.7 Å². The predicted octanol–water partition coefficient (Wildman–Crippen LogP) is 2.88. The molecule has 13 heavy (non-hydrogen) atoms. The average molecular weight is 194 g/mol. The van der Waals surface area contributed by atoms with E-state index in [1.165, 1.54) is 10.1 Å². The van der Waals surface area contributed by atoms with Crippen molar-refractivity contribution in [3.05, 3.63) is 29.6 Å². The van der Waals surface area contributed by atoms with Gasteiger partial charge in [0.2, 0.25) is 0 Å². The number of ether oxygens (including phenoxy) is 2. The van der Waals surface area contributed by atoms with Crippen LogP contribution in [0, 0.1) is 0 Å². The first-order valence-electron chi connectivity index (χ1n) is 4.00. The summed E-state index contributed by atoms with van der Waals surface area (Å²) in [5, 5.41) is 3.28. The molecule has 0 saturated heterocycles. The number of hydrogen-bond donors (Lipinski definition) is 0. The Bertz CT molecular complexity index is 394. The van der Waals surface area contributed by atoms with Crippen LogP contribution in [0.3, 0.4) is 0 Å². The molecule has 0 spiro atoms. The Hall–Kier alpha value is -1.06. The van der Waals surface area contributed by atoms with E-state index in [-0.39, 0.29) is 0 Å². The zero-order chi connectivity index (χ0) is 9.10. The molecule has 68 valence electrons. The van der Waals surface area contributed by atoms with Gasteiger partial charge in [0.1, 0.15) is 5.75 Å². The highest BCUT2D eigenvalue weighted by molar-refractivity contribution is 7.17. The van der Waals surface area contributed by atoms with E-state index in [0.29, 0.717) is 6.79 Å². The first-order chi connectivity index (χ1) is 6.42. The fraction of sp³-hybridized carbons (Fsp3) is 0.200. The van der Waals surface area contributed by atoms with Crippen molar-refractivity contribution >= 4 is 21.4 Å². The summed E-state index contributed by atoms with van der Waals surface area (Å²) < 4.78 is 11.4. The standard InChI is InChI=1S/C10H10O2S/c1-11-7-12-9-4-2-3-8-5-6-13-10(8)9/h2-6H,7H2,1H3. The molecule has 0 aliphatic carbocycles. The van der Waals surface area contributed by atoms with Gasteiger partial charge in [-0.2, -0.15) is 0 Å². The van der Waals surface area contributed by atoms with Crippen LogP contribution in [0.5, 0.6) is 5.75 Å². The van der Waals surface area contributed by atoms with Crippen LogP contribution in [0.2, 0.25) is 0 Å². The molecule has 0 bridgehead atoms. The van der Waals surface area contributed by atoms with Gasteiger partial charge < -0.3 is 9.47 Å². The first kappa shape index (κ1) is 8.53. The molecule has 0 aliphatic rings. The third kappa shape index (κ3) is 1.66. The third-order valence-electron chi connectivity index (χ3n) is 1.78. The molecule has 0 radical (unpaired) electrons. The molecule has 1 aromatic carbocycles. The van der Waals surface area contributed by atoms with Crippen molar-refractivity contribution in [2.45, 2.75) is 0 Å². The van der Waals surface area contributed by atoms with Crippen molar-refractivity contribution in [3.8, 4) is 5.75 Å². The van der Waals surface area contributed by atoms with Crippen LogP contribution in [-0.2, 0) is 4.74 Å². The summed E-state index contributed by atoms with van der Waals surface area (Å²) in [6, 6.07) is 8.10. The van der Waals surface area contributed by atoms with Crippen molar-refractivity contribution in [1.29, 1.82) is 0 Å². The van der Waals surface area contributed by atoms with E-state index in [1.54, 1.807) is 18.4 Å². The SMILES string of the molecule is COCOc1cccc2ccsc12. The van der Waals surface area contributed by atoms with E-state index in [4.69, 9.17) is 9.47 Å². The summed E-state index contributed by atoms with van der Waals surface area (Å²) in [4.78, 5) is 0. The second-order valence-corrected chi connectivity index (χ2v) is 3.56. The quantitative estimate of drug-likeness (QED) is 0.699. The van der Waals surface area contributed by atoms with Crippen LogP contribution in [0.1, 0.15) is 0 Å². The van der Waals surface area contributed by atoms with Gasteiger partial charge in [-0.1, -0.05) is 12.1 Å². The van der Waals surface area contributed by atoms with E-state index >= 15 is 0 Å². The summed E-state index contributed by atoms with van der Waals surface area (Å²) >= 11 is 1.68. The van der Waals surface area contributed by atoms with Crippen molar-refractivity contribution < 1.29 is 9.47 Å². The number of methoxy groups -OCH3 is 1. The van der Waals surface area contributed by atoms with Crippen LogP contribution < -0.4 is 4.74 Å². The molecule has 0 atom stereocenters. The van der Waals surface area contributed by atoms with E-state index in [9.17, 15) is 0 Å². The van der Waals surface area contributed by atoms with E-state index in [2.05, 4.69) is 17.5 Å². The minimum atomic E-state index is 0.303. The van der Waals surface area contributed by atoms with Gasteiger partial charge in [-0.05, 0) is 22.9 Å². The fourth-order valence-corrected chi connectivity index (χ4v) is 2.07. The van der Waals surface area contributed by atoms with Gasteiger partial charge in [0, 0.05) is 7.11 Å². The fourth-order valence-electron chi connectivity index (χ4n) is 1.20. The maximum Gasteiger partial charge on any atom is 0.188 e. The van der Waals surface area contributed by atoms with Crippen LogP contribution >= 0.6 is 11.3 Å². The predicted molar refractivity (Wildman–Crippen MR) is 54.3 cm³/mol. The normalized spacial score (nSPS) is 10.5. The van der Waals surface area contributed by atoms with Crippen molar-refractivity contribution in [3.63, 3.8) is 0 Å². The maximum atomic E-state index is 5.41. The zero-order valence-corrected chi connectivity index (χ0v) is 8.14. The molecule has 3 heteroatoms. The number of thiophene rings is 1. The van der Waals surface area contributed by atoms with Crippen molar-refractivity contribution in [2.24, 2.45) is 0 Å². The monoisotopic (exact) mass is 194 g/mol. The molecule has 1 aromatic heterocycles. The Morgan fingerprint density at radius 1 is 1.31 bits per heavy atom. The minimum Gasteiger partial charge on any atom is -0.466 e. The Morgan fingerprint density at radius 2 is 2.23 bits per heavy atom. The molecule has 2 aromatic rings.